The second-order valence-electron chi connectivity index (χ2n) is 3.17. The fourth-order valence-electron chi connectivity index (χ4n) is 0.984. The van der Waals surface area contributed by atoms with E-state index in [4.69, 9.17) is 4.74 Å². The van der Waals surface area contributed by atoms with Crippen LogP contribution in [0.25, 0.3) is 0 Å². The zero-order valence-electron chi connectivity index (χ0n) is 9.91. The van der Waals surface area contributed by atoms with Crippen LogP contribution < -0.4 is 17.0 Å². The van der Waals surface area contributed by atoms with Gasteiger partial charge in [-0.1, -0.05) is 0 Å². The van der Waals surface area contributed by atoms with Crippen molar-refractivity contribution in [2.24, 2.45) is 0 Å². The lowest BCUT2D eigenvalue weighted by Crippen LogP contribution is -3.00. The Balaban J connectivity index is 0. The predicted molar refractivity (Wildman–Crippen MR) is 59.9 cm³/mol. The molecule has 0 fully saturated rings. The lowest BCUT2D eigenvalue weighted by Gasteiger charge is -2.09. The molecular weight excluding hydrogens is 280 g/mol. The quantitative estimate of drug-likeness (QED) is 0.249. The number of carbonyl (C=O) groups excluding carboxylic acids is 1. The number of amidine groups is 1. The minimum absolute atomic E-state index is 0. The first-order valence-corrected chi connectivity index (χ1v) is 5.47. The van der Waals surface area contributed by atoms with Crippen LogP contribution in [-0.2, 0) is 9.53 Å². The largest absolute Gasteiger partial charge is 1.00 e. The van der Waals surface area contributed by atoms with Crippen molar-refractivity contribution in [3.8, 4) is 0 Å². The van der Waals surface area contributed by atoms with Gasteiger partial charge in [-0.3, -0.25) is 14.3 Å². The number of rotatable bonds is 3. The number of hydrogen-bond donors (Lipinski definition) is 0. The van der Waals surface area contributed by atoms with Gasteiger partial charge in [-0.25, -0.2) is 0 Å². The van der Waals surface area contributed by atoms with E-state index in [9.17, 15) is 4.79 Å². The SMILES string of the molecule is CCOC(=O)CSC(N(C)C)=[N+](C)C.[Br-]. The number of carbonyl (C=O) groups is 1. The first kappa shape index (κ1) is 17.2. The number of nitrogens with zero attached hydrogens (tertiary/aromatic N) is 2. The maximum atomic E-state index is 11.1. The summed E-state index contributed by atoms with van der Waals surface area (Å²) in [6.07, 6.45) is 0. The monoisotopic (exact) mass is 298 g/mol. The average Bonchev–Trinajstić information content (AvgIpc) is 2.03. The molecule has 15 heavy (non-hydrogen) atoms. The lowest BCUT2D eigenvalue weighted by molar-refractivity contribution is -0.466. The standard InChI is InChI=1S/C9H19N2O2S.BrH/c1-6-13-8(12)7-14-9(10(2)3)11(4)5;/h6-7H2,1-5H3;1H/q+1;/p-1. The van der Waals surface area contributed by atoms with E-state index >= 15 is 0 Å². The summed E-state index contributed by atoms with van der Waals surface area (Å²) in [7, 11) is 7.81. The van der Waals surface area contributed by atoms with Crippen molar-refractivity contribution < 1.29 is 31.1 Å². The van der Waals surface area contributed by atoms with Gasteiger partial charge >= 0.3 is 11.1 Å². The minimum atomic E-state index is -0.168. The zero-order valence-corrected chi connectivity index (χ0v) is 12.3. The van der Waals surface area contributed by atoms with Crippen molar-refractivity contribution in [1.82, 2.24) is 4.90 Å². The highest BCUT2D eigenvalue weighted by molar-refractivity contribution is 8.14. The molecule has 0 aromatic carbocycles. The molecule has 0 radical (unpaired) electrons. The van der Waals surface area contributed by atoms with E-state index < -0.39 is 0 Å². The molecule has 0 aliphatic carbocycles. The van der Waals surface area contributed by atoms with Gasteiger partial charge < -0.3 is 21.7 Å². The molecule has 4 nitrogen and oxygen atoms in total. The van der Waals surface area contributed by atoms with Gasteiger partial charge in [-0.2, -0.15) is 0 Å². The molecule has 0 spiro atoms. The van der Waals surface area contributed by atoms with Crippen LogP contribution >= 0.6 is 11.8 Å². The van der Waals surface area contributed by atoms with Gasteiger partial charge in [0.1, 0.15) is 5.75 Å². The fraction of sp³-hybridized carbons (Fsp3) is 0.778. The van der Waals surface area contributed by atoms with Crippen LogP contribution in [0.4, 0.5) is 0 Å². The molecular formula is C9H19BrN2O2S. The van der Waals surface area contributed by atoms with Gasteiger partial charge in [0.15, 0.2) is 0 Å². The molecule has 0 aliphatic heterocycles. The summed E-state index contributed by atoms with van der Waals surface area (Å²) < 4.78 is 6.82. The van der Waals surface area contributed by atoms with Crippen molar-refractivity contribution in [1.29, 1.82) is 0 Å². The Kier molecular flexibility index (Phi) is 10.3. The van der Waals surface area contributed by atoms with Gasteiger partial charge in [0.05, 0.1) is 34.8 Å². The zero-order chi connectivity index (χ0) is 11.1. The predicted octanol–water partition coefficient (Wildman–Crippen LogP) is -2.52. The Morgan fingerprint density at radius 2 is 1.93 bits per heavy atom. The van der Waals surface area contributed by atoms with Crippen LogP contribution in [0.5, 0.6) is 0 Å². The van der Waals surface area contributed by atoms with Crippen molar-refractivity contribution in [3.63, 3.8) is 0 Å². The molecule has 0 amide bonds. The van der Waals surface area contributed by atoms with Crippen LogP contribution in [0.3, 0.4) is 0 Å². The van der Waals surface area contributed by atoms with E-state index in [-0.39, 0.29) is 23.0 Å². The second kappa shape index (κ2) is 9.03. The number of esters is 1. The number of halogens is 1. The summed E-state index contributed by atoms with van der Waals surface area (Å²) >= 11 is 1.48. The van der Waals surface area contributed by atoms with Crippen LogP contribution in [0.1, 0.15) is 6.92 Å². The normalized spacial score (nSPS) is 8.87. The minimum Gasteiger partial charge on any atom is -1.00 e. The average molecular weight is 299 g/mol. The Labute approximate surface area is 106 Å². The molecule has 0 rings (SSSR count). The third kappa shape index (κ3) is 7.67. The second-order valence-corrected chi connectivity index (χ2v) is 4.11. The maximum Gasteiger partial charge on any atom is 0.316 e. The van der Waals surface area contributed by atoms with Crippen molar-refractivity contribution in [3.05, 3.63) is 0 Å². The van der Waals surface area contributed by atoms with Gasteiger partial charge in [-0.05, 0) is 18.7 Å². The molecule has 0 heterocycles. The van der Waals surface area contributed by atoms with Gasteiger partial charge in [-0.15, -0.1) is 0 Å². The molecule has 0 bridgehead atoms. The van der Waals surface area contributed by atoms with E-state index in [0.29, 0.717) is 12.4 Å². The number of hydrogen-bond acceptors (Lipinski definition) is 3. The molecule has 6 heteroatoms. The molecule has 90 valence electrons. The third-order valence-electron chi connectivity index (χ3n) is 1.39. The summed E-state index contributed by atoms with van der Waals surface area (Å²) in [5.41, 5.74) is 0. The molecule has 0 aromatic rings. The molecule has 0 saturated carbocycles. The molecule has 0 unspecified atom stereocenters. The molecule has 0 aromatic heterocycles. The summed E-state index contributed by atoms with van der Waals surface area (Å²) in [6, 6.07) is 0. The van der Waals surface area contributed by atoms with E-state index in [1.54, 1.807) is 0 Å². The van der Waals surface area contributed by atoms with Gasteiger partial charge in [0.25, 0.3) is 0 Å². The Hall–Kier alpha value is -0.230. The van der Waals surface area contributed by atoms with E-state index in [1.807, 2.05) is 44.6 Å². The first-order valence-electron chi connectivity index (χ1n) is 4.49. The smallest absolute Gasteiger partial charge is 0.316 e. The van der Waals surface area contributed by atoms with Gasteiger partial charge in [0, 0.05) is 0 Å². The molecule has 0 aliphatic rings. The van der Waals surface area contributed by atoms with Crippen molar-refractivity contribution in [2.75, 3.05) is 40.6 Å². The highest BCUT2D eigenvalue weighted by Crippen LogP contribution is 2.05. The van der Waals surface area contributed by atoms with Gasteiger partial charge in [0.2, 0.25) is 0 Å². The summed E-state index contributed by atoms with van der Waals surface area (Å²) in [6.45, 7) is 2.25. The third-order valence-corrected chi connectivity index (χ3v) is 2.76. The Morgan fingerprint density at radius 3 is 2.27 bits per heavy atom. The summed E-state index contributed by atoms with van der Waals surface area (Å²) in [4.78, 5) is 13.1. The van der Waals surface area contributed by atoms with Crippen molar-refractivity contribution >= 4 is 22.9 Å². The summed E-state index contributed by atoms with van der Waals surface area (Å²) in [5.74, 6) is 0.193. The topological polar surface area (TPSA) is 32.5 Å². The maximum absolute atomic E-state index is 11.1. The van der Waals surface area contributed by atoms with Crippen molar-refractivity contribution in [2.45, 2.75) is 6.92 Å². The molecule has 0 N–H and O–H groups in total. The Bertz CT molecular complexity index is 228. The molecule has 0 atom stereocenters. The first-order chi connectivity index (χ1) is 6.49. The molecule has 0 saturated heterocycles. The number of thioether (sulfide) groups is 1. The van der Waals surface area contributed by atoms with Crippen LogP contribution in [0.2, 0.25) is 0 Å². The highest BCUT2D eigenvalue weighted by atomic mass is 79.9. The lowest BCUT2D eigenvalue weighted by atomic mass is 10.8. The van der Waals surface area contributed by atoms with Crippen LogP contribution in [0, 0.1) is 0 Å². The Morgan fingerprint density at radius 1 is 1.40 bits per heavy atom. The number of ether oxygens (including phenoxy) is 1. The van der Waals surface area contributed by atoms with E-state index in [1.165, 1.54) is 11.8 Å². The van der Waals surface area contributed by atoms with Crippen LogP contribution in [0.15, 0.2) is 0 Å². The summed E-state index contributed by atoms with van der Waals surface area (Å²) in [5, 5.41) is 1.04. The van der Waals surface area contributed by atoms with Crippen LogP contribution in [-0.4, -0.2) is 61.2 Å². The van der Waals surface area contributed by atoms with E-state index in [0.717, 1.165) is 5.17 Å². The highest BCUT2D eigenvalue weighted by Gasteiger charge is 2.15. The van der Waals surface area contributed by atoms with E-state index in [2.05, 4.69) is 0 Å². The fourth-order valence-corrected chi connectivity index (χ4v) is 1.83.